The third-order valence-electron chi connectivity index (χ3n) is 3.65. The van der Waals surface area contributed by atoms with Gasteiger partial charge in [-0.25, -0.2) is 8.78 Å². The Morgan fingerprint density at radius 3 is 2.78 bits per heavy atom. The summed E-state index contributed by atoms with van der Waals surface area (Å²) in [7, 11) is 0. The Bertz CT molecular complexity index is 484. The van der Waals surface area contributed by atoms with Gasteiger partial charge in [0.2, 0.25) is 0 Å². The molecule has 0 aromatic heterocycles. The molecule has 18 heavy (non-hydrogen) atoms. The molecule has 1 aromatic rings. The molecular formula is C13H15F2NO2. The van der Waals surface area contributed by atoms with Crippen molar-refractivity contribution in [1.29, 1.82) is 0 Å². The number of nitrogens with one attached hydrogen (secondary N) is 1. The molecule has 1 unspecified atom stereocenters. The Morgan fingerprint density at radius 1 is 1.28 bits per heavy atom. The molecule has 1 atom stereocenters. The number of hydrogen-bond acceptors (Lipinski definition) is 3. The van der Waals surface area contributed by atoms with Crippen molar-refractivity contribution < 1.29 is 18.3 Å². The minimum Gasteiger partial charge on any atom is -0.486 e. The normalized spacial score (nSPS) is 26.4. The zero-order valence-electron chi connectivity index (χ0n) is 10.2. The largest absolute Gasteiger partial charge is 0.486 e. The van der Waals surface area contributed by atoms with E-state index < -0.39 is 17.2 Å². The van der Waals surface area contributed by atoms with Crippen LogP contribution in [0.15, 0.2) is 6.07 Å². The molecule has 2 aliphatic rings. The van der Waals surface area contributed by atoms with Crippen molar-refractivity contribution in [2.45, 2.75) is 25.3 Å². The lowest BCUT2D eigenvalue weighted by Gasteiger charge is -2.30. The van der Waals surface area contributed by atoms with Gasteiger partial charge in [0.15, 0.2) is 23.1 Å². The summed E-state index contributed by atoms with van der Waals surface area (Å²) in [6, 6.07) is 1.06. The van der Waals surface area contributed by atoms with E-state index in [1.54, 1.807) is 0 Å². The molecule has 1 fully saturated rings. The molecule has 0 saturated carbocycles. The van der Waals surface area contributed by atoms with Crippen molar-refractivity contribution in [2.75, 3.05) is 19.8 Å². The zero-order chi connectivity index (χ0) is 12.8. The molecule has 0 aliphatic carbocycles. The first-order valence-electron chi connectivity index (χ1n) is 6.15. The highest BCUT2D eigenvalue weighted by atomic mass is 19.2. The summed E-state index contributed by atoms with van der Waals surface area (Å²) in [5.74, 6) is -1.08. The van der Waals surface area contributed by atoms with E-state index in [1.165, 1.54) is 0 Å². The number of fused-ring (bicyclic) bond motifs is 1. The van der Waals surface area contributed by atoms with Gasteiger partial charge >= 0.3 is 0 Å². The second-order valence-corrected chi connectivity index (χ2v) is 4.93. The lowest BCUT2D eigenvalue weighted by molar-refractivity contribution is 0.163. The zero-order valence-corrected chi connectivity index (χ0v) is 10.2. The monoisotopic (exact) mass is 255 g/mol. The number of hydrogen-bond donors (Lipinski definition) is 1. The average molecular weight is 255 g/mol. The van der Waals surface area contributed by atoms with Crippen molar-refractivity contribution in [3.05, 3.63) is 23.3 Å². The second kappa shape index (κ2) is 4.09. The molecule has 98 valence electrons. The van der Waals surface area contributed by atoms with Gasteiger partial charge in [0, 0.05) is 11.6 Å². The quantitative estimate of drug-likeness (QED) is 0.835. The molecule has 0 amide bonds. The molecule has 1 N–H and O–H groups in total. The van der Waals surface area contributed by atoms with E-state index in [4.69, 9.17) is 9.47 Å². The molecule has 3 nitrogen and oxygen atoms in total. The Balaban J connectivity index is 2.20. The summed E-state index contributed by atoms with van der Waals surface area (Å²) >= 11 is 0. The SMILES string of the molecule is CC1(c2c(F)c(F)cc3c2OCCO3)CCCN1. The number of ether oxygens (including phenoxy) is 2. The first-order chi connectivity index (χ1) is 8.62. The van der Waals surface area contributed by atoms with E-state index in [0.29, 0.717) is 24.7 Å². The molecule has 5 heteroatoms. The highest BCUT2D eigenvalue weighted by Gasteiger charge is 2.39. The van der Waals surface area contributed by atoms with Crippen molar-refractivity contribution in [3.8, 4) is 11.5 Å². The molecule has 3 rings (SSSR count). The summed E-state index contributed by atoms with van der Waals surface area (Å²) in [5, 5.41) is 3.23. The predicted octanol–water partition coefficient (Wildman–Crippen LogP) is 2.33. The maximum Gasteiger partial charge on any atom is 0.169 e. The van der Waals surface area contributed by atoms with Gasteiger partial charge in [-0.15, -0.1) is 0 Å². The number of benzene rings is 1. The maximum atomic E-state index is 14.1. The van der Waals surface area contributed by atoms with Gasteiger partial charge in [-0.1, -0.05) is 0 Å². The highest BCUT2D eigenvalue weighted by molar-refractivity contribution is 5.52. The first kappa shape index (κ1) is 11.7. The Labute approximate surface area is 104 Å². The topological polar surface area (TPSA) is 30.5 Å². The molecule has 0 radical (unpaired) electrons. The third-order valence-corrected chi connectivity index (χ3v) is 3.65. The number of halogens is 2. The fourth-order valence-electron chi connectivity index (χ4n) is 2.73. The van der Waals surface area contributed by atoms with Crippen LogP contribution in [0, 0.1) is 11.6 Å². The minimum atomic E-state index is -0.885. The van der Waals surface area contributed by atoms with Gasteiger partial charge in [-0.3, -0.25) is 0 Å². The highest BCUT2D eigenvalue weighted by Crippen LogP contribution is 2.45. The van der Waals surface area contributed by atoms with Gasteiger partial charge < -0.3 is 14.8 Å². The molecule has 0 bridgehead atoms. The van der Waals surface area contributed by atoms with Crippen LogP contribution < -0.4 is 14.8 Å². The van der Waals surface area contributed by atoms with Crippen LogP contribution in [0.25, 0.3) is 0 Å². The van der Waals surface area contributed by atoms with Crippen LogP contribution >= 0.6 is 0 Å². The Morgan fingerprint density at radius 2 is 2.06 bits per heavy atom. The van der Waals surface area contributed by atoms with Gasteiger partial charge in [0.25, 0.3) is 0 Å². The standard InChI is InChI=1S/C13H15F2NO2/c1-13(3-2-4-16-13)10-11(15)8(14)7-9-12(10)18-6-5-17-9/h7,16H,2-6H2,1H3. The third kappa shape index (κ3) is 1.65. The fourth-order valence-corrected chi connectivity index (χ4v) is 2.73. The first-order valence-corrected chi connectivity index (χ1v) is 6.15. The van der Waals surface area contributed by atoms with E-state index in [0.717, 1.165) is 25.5 Å². The van der Waals surface area contributed by atoms with E-state index in [1.807, 2.05) is 6.92 Å². The van der Waals surface area contributed by atoms with Crippen LogP contribution in [0.5, 0.6) is 11.5 Å². The average Bonchev–Trinajstić information content (AvgIpc) is 2.78. The smallest absolute Gasteiger partial charge is 0.169 e. The van der Waals surface area contributed by atoms with Crippen LogP contribution in [0.4, 0.5) is 8.78 Å². The van der Waals surface area contributed by atoms with Gasteiger partial charge in [-0.2, -0.15) is 0 Å². The fraction of sp³-hybridized carbons (Fsp3) is 0.538. The maximum absolute atomic E-state index is 14.1. The molecule has 0 spiro atoms. The van der Waals surface area contributed by atoms with Crippen molar-refractivity contribution in [1.82, 2.24) is 5.32 Å². The Hall–Kier alpha value is -1.36. The molecule has 2 heterocycles. The van der Waals surface area contributed by atoms with Crippen LogP contribution in [0.1, 0.15) is 25.3 Å². The summed E-state index contributed by atoms with van der Waals surface area (Å²) in [4.78, 5) is 0. The van der Waals surface area contributed by atoms with Gasteiger partial charge in [0.1, 0.15) is 13.2 Å². The lowest BCUT2D eigenvalue weighted by Crippen LogP contribution is -2.36. The molecule has 1 saturated heterocycles. The summed E-state index contributed by atoms with van der Waals surface area (Å²) in [6.45, 7) is 3.39. The van der Waals surface area contributed by atoms with Crippen molar-refractivity contribution in [3.63, 3.8) is 0 Å². The number of rotatable bonds is 1. The predicted molar refractivity (Wildman–Crippen MR) is 61.9 cm³/mol. The summed E-state index contributed by atoms with van der Waals surface area (Å²) < 4.78 is 38.6. The Kier molecular flexibility index (Phi) is 2.66. The van der Waals surface area contributed by atoms with Crippen LogP contribution in [0.2, 0.25) is 0 Å². The summed E-state index contributed by atoms with van der Waals surface area (Å²) in [5.41, 5.74) is -0.327. The van der Waals surface area contributed by atoms with Crippen LogP contribution in [-0.2, 0) is 5.54 Å². The van der Waals surface area contributed by atoms with Gasteiger partial charge in [0.05, 0.1) is 5.56 Å². The lowest BCUT2D eigenvalue weighted by atomic mass is 9.88. The van der Waals surface area contributed by atoms with E-state index in [2.05, 4.69) is 5.32 Å². The van der Waals surface area contributed by atoms with Crippen molar-refractivity contribution in [2.24, 2.45) is 0 Å². The molecular weight excluding hydrogens is 240 g/mol. The second-order valence-electron chi connectivity index (χ2n) is 4.93. The molecule has 1 aromatic carbocycles. The van der Waals surface area contributed by atoms with E-state index >= 15 is 0 Å². The minimum absolute atomic E-state index is 0.259. The van der Waals surface area contributed by atoms with Crippen molar-refractivity contribution >= 4 is 0 Å². The van der Waals surface area contributed by atoms with Gasteiger partial charge in [-0.05, 0) is 26.3 Å². The van der Waals surface area contributed by atoms with E-state index in [-0.39, 0.29) is 5.56 Å². The van der Waals surface area contributed by atoms with E-state index in [9.17, 15) is 8.78 Å². The van der Waals surface area contributed by atoms with Crippen LogP contribution in [0.3, 0.4) is 0 Å². The molecule has 2 aliphatic heterocycles. The van der Waals surface area contributed by atoms with Crippen LogP contribution in [-0.4, -0.2) is 19.8 Å². The summed E-state index contributed by atoms with van der Waals surface area (Å²) in [6.07, 6.45) is 1.69.